The van der Waals surface area contributed by atoms with Crippen LogP contribution in [0.3, 0.4) is 0 Å². The van der Waals surface area contributed by atoms with Crippen molar-refractivity contribution in [3.05, 3.63) is 39.4 Å². The molecule has 1 saturated heterocycles. The van der Waals surface area contributed by atoms with E-state index in [1.54, 1.807) is 11.5 Å². The normalized spacial score (nSPS) is 20.4. The van der Waals surface area contributed by atoms with Gasteiger partial charge in [-0.15, -0.1) is 0 Å². The molecule has 2 aliphatic rings. The lowest BCUT2D eigenvalue weighted by Gasteiger charge is -2.24. The third kappa shape index (κ3) is 2.50. The number of nitrogens with two attached hydrogens (primary N) is 1. The third-order valence-corrected chi connectivity index (χ3v) is 5.17. The van der Waals surface area contributed by atoms with Gasteiger partial charge in [-0.2, -0.15) is 0 Å². The van der Waals surface area contributed by atoms with E-state index in [9.17, 15) is 19.1 Å². The van der Waals surface area contributed by atoms with Gasteiger partial charge >= 0.3 is 5.97 Å². The van der Waals surface area contributed by atoms with Crippen LogP contribution in [0.5, 0.6) is 0 Å². The molecule has 2 fully saturated rings. The van der Waals surface area contributed by atoms with Crippen LogP contribution in [0.1, 0.15) is 41.2 Å². The summed E-state index contributed by atoms with van der Waals surface area (Å²) in [6.07, 6.45) is 2.46. The Morgan fingerprint density at radius 1 is 1.32 bits per heavy atom. The number of carboxylic acids is 1. The van der Waals surface area contributed by atoms with Gasteiger partial charge in [-0.05, 0) is 43.9 Å². The van der Waals surface area contributed by atoms with Gasteiger partial charge in [0.15, 0.2) is 0 Å². The number of carbonyl (C=O) groups is 1. The summed E-state index contributed by atoms with van der Waals surface area (Å²) in [4.78, 5) is 26.0. The maximum absolute atomic E-state index is 14.8. The average Bonchev–Trinajstić information content (AvgIpc) is 3.29. The molecule has 0 spiro atoms. The van der Waals surface area contributed by atoms with Crippen molar-refractivity contribution in [2.24, 2.45) is 5.73 Å². The highest BCUT2D eigenvalue weighted by molar-refractivity contribution is 5.95. The number of fused-ring (bicyclic) bond motifs is 1. The van der Waals surface area contributed by atoms with Crippen LogP contribution in [0.4, 0.5) is 10.1 Å². The molecule has 1 aliphatic carbocycles. The Labute approximate surface area is 143 Å². The summed E-state index contributed by atoms with van der Waals surface area (Å²) in [6.45, 7) is 3.04. The average molecular weight is 345 g/mol. The zero-order chi connectivity index (χ0) is 17.9. The molecule has 4 rings (SSSR count). The molecule has 1 saturated carbocycles. The van der Waals surface area contributed by atoms with Crippen LogP contribution in [0.25, 0.3) is 10.9 Å². The van der Waals surface area contributed by atoms with Gasteiger partial charge in [-0.3, -0.25) is 4.79 Å². The Kier molecular flexibility index (Phi) is 3.57. The summed E-state index contributed by atoms with van der Waals surface area (Å²) in [5.41, 5.74) is 6.91. The molecule has 1 aliphatic heterocycles. The van der Waals surface area contributed by atoms with Crippen LogP contribution in [0, 0.1) is 12.7 Å². The Balaban J connectivity index is 2.03. The molecule has 7 heteroatoms. The Morgan fingerprint density at radius 3 is 2.60 bits per heavy atom. The summed E-state index contributed by atoms with van der Waals surface area (Å²) in [6, 6.07) is 2.63. The first-order valence-corrected chi connectivity index (χ1v) is 8.50. The number of carboxylic acid groups (broad SMARTS) is 1. The van der Waals surface area contributed by atoms with E-state index < -0.39 is 17.3 Å². The first kappa shape index (κ1) is 16.1. The van der Waals surface area contributed by atoms with Crippen molar-refractivity contribution in [3.63, 3.8) is 0 Å². The quantitative estimate of drug-likeness (QED) is 0.888. The van der Waals surface area contributed by atoms with E-state index in [1.165, 1.54) is 12.1 Å². The number of hydrogen-bond acceptors (Lipinski definition) is 4. The molecule has 6 nitrogen and oxygen atoms in total. The Hall–Kier alpha value is -2.41. The summed E-state index contributed by atoms with van der Waals surface area (Å²) < 4.78 is 16.4. The largest absolute Gasteiger partial charge is 0.477 e. The molecule has 0 radical (unpaired) electrons. The maximum atomic E-state index is 14.8. The van der Waals surface area contributed by atoms with Crippen molar-refractivity contribution < 1.29 is 14.3 Å². The van der Waals surface area contributed by atoms with E-state index in [1.807, 2.05) is 4.90 Å². The van der Waals surface area contributed by atoms with Gasteiger partial charge in [0.1, 0.15) is 11.4 Å². The van der Waals surface area contributed by atoms with Crippen molar-refractivity contribution in [2.75, 3.05) is 18.0 Å². The lowest BCUT2D eigenvalue weighted by Crippen LogP contribution is -2.29. The van der Waals surface area contributed by atoms with Gasteiger partial charge in [0.25, 0.3) is 5.56 Å². The molecule has 1 unspecified atom stereocenters. The molecule has 1 aromatic carbocycles. The summed E-state index contributed by atoms with van der Waals surface area (Å²) in [7, 11) is 0. The fraction of sp³-hybridized carbons (Fsp3) is 0.444. The summed E-state index contributed by atoms with van der Waals surface area (Å²) in [5.74, 6) is -1.69. The minimum Gasteiger partial charge on any atom is -0.477 e. The first-order chi connectivity index (χ1) is 11.9. The molecule has 1 atom stereocenters. The molecular weight excluding hydrogens is 325 g/mol. The smallest absolute Gasteiger partial charge is 0.341 e. The number of anilines is 1. The number of pyridine rings is 1. The van der Waals surface area contributed by atoms with Crippen LogP contribution in [-0.4, -0.2) is 34.8 Å². The van der Waals surface area contributed by atoms with Crippen molar-refractivity contribution >= 4 is 22.6 Å². The fourth-order valence-corrected chi connectivity index (χ4v) is 3.87. The predicted molar refractivity (Wildman–Crippen MR) is 92.9 cm³/mol. The zero-order valence-electron chi connectivity index (χ0n) is 14.0. The monoisotopic (exact) mass is 345 g/mol. The molecule has 2 aromatic rings. The van der Waals surface area contributed by atoms with Crippen molar-refractivity contribution in [1.29, 1.82) is 0 Å². The van der Waals surface area contributed by atoms with E-state index >= 15 is 0 Å². The van der Waals surface area contributed by atoms with Crippen LogP contribution in [-0.2, 0) is 0 Å². The molecule has 0 amide bonds. The second-order valence-corrected chi connectivity index (χ2v) is 7.03. The van der Waals surface area contributed by atoms with Crippen LogP contribution < -0.4 is 16.2 Å². The summed E-state index contributed by atoms with van der Waals surface area (Å²) >= 11 is 0. The highest BCUT2D eigenvalue weighted by Gasteiger charge is 2.31. The second-order valence-electron chi connectivity index (χ2n) is 7.03. The van der Waals surface area contributed by atoms with Crippen molar-refractivity contribution in [1.82, 2.24) is 4.57 Å². The lowest BCUT2D eigenvalue weighted by atomic mass is 10.0. The van der Waals surface area contributed by atoms with Gasteiger partial charge in [-0.1, -0.05) is 0 Å². The number of aromatic carboxylic acids is 1. The van der Waals surface area contributed by atoms with Gasteiger partial charge in [-0.25, -0.2) is 9.18 Å². The first-order valence-electron chi connectivity index (χ1n) is 8.50. The number of rotatable bonds is 3. The number of halogens is 1. The third-order valence-electron chi connectivity index (χ3n) is 5.17. The molecule has 3 N–H and O–H groups in total. The fourth-order valence-electron chi connectivity index (χ4n) is 3.87. The number of hydrogen-bond donors (Lipinski definition) is 2. The highest BCUT2D eigenvalue weighted by atomic mass is 19.1. The van der Waals surface area contributed by atoms with Gasteiger partial charge in [0.2, 0.25) is 0 Å². The second kappa shape index (κ2) is 5.56. The zero-order valence-corrected chi connectivity index (χ0v) is 14.0. The number of aryl methyl sites for hydroxylation is 1. The minimum atomic E-state index is -1.28. The Morgan fingerprint density at radius 2 is 2.04 bits per heavy atom. The van der Waals surface area contributed by atoms with Crippen LogP contribution in [0.2, 0.25) is 0 Å². The van der Waals surface area contributed by atoms with E-state index in [2.05, 4.69) is 0 Å². The minimum absolute atomic E-state index is 0.00727. The van der Waals surface area contributed by atoms with Crippen molar-refractivity contribution in [3.8, 4) is 0 Å². The number of nitrogens with zero attached hydrogens (tertiary/aromatic N) is 2. The topological polar surface area (TPSA) is 88.6 Å². The Bertz CT molecular complexity index is 949. The van der Waals surface area contributed by atoms with E-state index in [0.717, 1.165) is 19.3 Å². The van der Waals surface area contributed by atoms with E-state index in [0.29, 0.717) is 35.2 Å². The molecule has 2 heterocycles. The standard InChI is InChI=1S/C18H20FN3O3/c1-9-15-10(7-14(19)16(9)21-5-4-11(20)8-21)6-13(18(24)25)17(23)22(15)12-2-3-12/h6-7,11-12H,2-5,8,20H2,1H3,(H,24,25). The SMILES string of the molecule is Cc1c(N2CCC(N)C2)c(F)cc2cc(C(=O)O)c(=O)n(C3CC3)c12. The van der Waals surface area contributed by atoms with Crippen molar-refractivity contribution in [2.45, 2.75) is 38.3 Å². The van der Waals surface area contributed by atoms with Crippen LogP contribution in [0.15, 0.2) is 16.9 Å². The van der Waals surface area contributed by atoms with Gasteiger partial charge < -0.3 is 20.3 Å². The summed E-state index contributed by atoms with van der Waals surface area (Å²) in [5, 5.41) is 9.77. The van der Waals surface area contributed by atoms with E-state index in [-0.39, 0.29) is 17.6 Å². The van der Waals surface area contributed by atoms with E-state index in [4.69, 9.17) is 5.73 Å². The lowest BCUT2D eigenvalue weighted by molar-refractivity contribution is 0.0694. The molecule has 0 bridgehead atoms. The number of benzene rings is 1. The molecule has 25 heavy (non-hydrogen) atoms. The van der Waals surface area contributed by atoms with Gasteiger partial charge in [0, 0.05) is 30.6 Å². The maximum Gasteiger partial charge on any atom is 0.341 e. The highest BCUT2D eigenvalue weighted by Crippen LogP contribution is 2.39. The van der Waals surface area contributed by atoms with Crippen LogP contribution >= 0.6 is 0 Å². The number of aromatic nitrogens is 1. The molecular formula is C18H20FN3O3. The molecule has 132 valence electrons. The van der Waals surface area contributed by atoms with Gasteiger partial charge in [0.05, 0.1) is 11.2 Å². The predicted octanol–water partition coefficient (Wildman–Crippen LogP) is 2.02. The molecule has 1 aromatic heterocycles.